The summed E-state index contributed by atoms with van der Waals surface area (Å²) < 4.78 is 5.06. The lowest BCUT2D eigenvalue weighted by Gasteiger charge is -2.02. The molecule has 0 atom stereocenters. The van der Waals surface area contributed by atoms with Gasteiger partial charge >= 0.3 is 0 Å². The van der Waals surface area contributed by atoms with Crippen LogP contribution in [-0.4, -0.2) is 16.2 Å². The molecule has 6 nitrogen and oxygen atoms in total. The zero-order valence-corrected chi connectivity index (χ0v) is 9.52. The lowest BCUT2D eigenvalue weighted by Crippen LogP contribution is -2.15. The van der Waals surface area contributed by atoms with Crippen molar-refractivity contribution in [3.63, 3.8) is 0 Å². The first-order valence-corrected chi connectivity index (χ1v) is 5.07. The fraction of sp³-hybridized carbons (Fsp3) is 0.182. The van der Waals surface area contributed by atoms with E-state index in [-0.39, 0.29) is 5.56 Å². The summed E-state index contributed by atoms with van der Waals surface area (Å²) in [6.45, 7) is 3.49. The smallest absolute Gasteiger partial charge is 0.255 e. The normalized spacial score (nSPS) is 10.9. The molecule has 0 aromatic carbocycles. The molecule has 0 fully saturated rings. The van der Waals surface area contributed by atoms with Gasteiger partial charge in [-0.1, -0.05) is 0 Å². The number of H-pyrrole nitrogens is 1. The van der Waals surface area contributed by atoms with Gasteiger partial charge in [0.1, 0.15) is 5.76 Å². The van der Waals surface area contributed by atoms with Gasteiger partial charge in [0, 0.05) is 11.3 Å². The van der Waals surface area contributed by atoms with E-state index < -0.39 is 0 Å². The van der Waals surface area contributed by atoms with Gasteiger partial charge in [-0.3, -0.25) is 9.78 Å². The van der Waals surface area contributed by atoms with Gasteiger partial charge in [-0.25, -0.2) is 10.4 Å². The first-order chi connectivity index (χ1) is 8.16. The zero-order chi connectivity index (χ0) is 12.3. The molecule has 0 amide bonds. The lowest BCUT2D eigenvalue weighted by atomic mass is 10.3. The standard InChI is InChI=1S/C11H12N4O2/c1-7-8(2)13-11(14-10(7)16)15-12-6-9-4-3-5-17-9/h3-6H,1-2H3,(H2,13,14,15,16)/b12-6-. The molecule has 2 rings (SSSR count). The van der Waals surface area contributed by atoms with Crippen molar-refractivity contribution < 1.29 is 4.42 Å². The van der Waals surface area contributed by atoms with Crippen molar-refractivity contribution in [1.82, 2.24) is 9.97 Å². The Balaban J connectivity index is 2.12. The molecule has 0 aliphatic rings. The molecule has 6 heteroatoms. The Morgan fingerprint density at radius 3 is 3.00 bits per heavy atom. The van der Waals surface area contributed by atoms with E-state index in [9.17, 15) is 4.79 Å². The van der Waals surface area contributed by atoms with Crippen molar-refractivity contribution in [3.05, 3.63) is 45.8 Å². The van der Waals surface area contributed by atoms with E-state index in [1.54, 1.807) is 32.2 Å². The summed E-state index contributed by atoms with van der Waals surface area (Å²) in [7, 11) is 0. The van der Waals surface area contributed by atoms with Crippen LogP contribution in [0.4, 0.5) is 5.95 Å². The molecule has 0 unspecified atom stereocenters. The summed E-state index contributed by atoms with van der Waals surface area (Å²) in [6.07, 6.45) is 3.05. The molecule has 2 aromatic rings. The van der Waals surface area contributed by atoms with Gasteiger partial charge in [-0.2, -0.15) is 5.10 Å². The summed E-state index contributed by atoms with van der Waals surface area (Å²) in [5.41, 5.74) is 3.73. The number of anilines is 1. The molecule has 2 heterocycles. The van der Waals surface area contributed by atoms with E-state index in [1.165, 1.54) is 6.21 Å². The number of aromatic amines is 1. The topological polar surface area (TPSA) is 83.3 Å². The zero-order valence-electron chi connectivity index (χ0n) is 9.52. The molecule has 0 bridgehead atoms. The molecule has 0 aliphatic heterocycles. The minimum Gasteiger partial charge on any atom is -0.463 e. The Kier molecular flexibility index (Phi) is 3.04. The van der Waals surface area contributed by atoms with Crippen LogP contribution < -0.4 is 11.0 Å². The highest BCUT2D eigenvalue weighted by Crippen LogP contribution is 2.01. The first-order valence-electron chi connectivity index (χ1n) is 5.07. The third-order valence-corrected chi connectivity index (χ3v) is 2.30. The van der Waals surface area contributed by atoms with Gasteiger partial charge in [0.15, 0.2) is 0 Å². The highest BCUT2D eigenvalue weighted by molar-refractivity contribution is 5.76. The summed E-state index contributed by atoms with van der Waals surface area (Å²) in [4.78, 5) is 18.2. The van der Waals surface area contributed by atoms with Crippen molar-refractivity contribution in [2.24, 2.45) is 5.10 Å². The van der Waals surface area contributed by atoms with Crippen LogP contribution >= 0.6 is 0 Å². The number of hydrogen-bond donors (Lipinski definition) is 2. The Morgan fingerprint density at radius 1 is 1.53 bits per heavy atom. The molecule has 0 spiro atoms. The van der Waals surface area contributed by atoms with Gasteiger partial charge in [-0.15, -0.1) is 0 Å². The maximum Gasteiger partial charge on any atom is 0.255 e. The number of aryl methyl sites for hydroxylation is 1. The SMILES string of the molecule is Cc1nc(N/N=C\c2ccco2)[nH]c(=O)c1C. The van der Waals surface area contributed by atoms with Crippen LogP contribution in [0.1, 0.15) is 17.0 Å². The van der Waals surface area contributed by atoms with Crippen molar-refractivity contribution in [1.29, 1.82) is 0 Å². The van der Waals surface area contributed by atoms with Gasteiger partial charge in [0.25, 0.3) is 5.56 Å². The largest absolute Gasteiger partial charge is 0.463 e. The molecule has 0 aliphatic carbocycles. The van der Waals surface area contributed by atoms with Gasteiger partial charge in [0.05, 0.1) is 12.5 Å². The summed E-state index contributed by atoms with van der Waals surface area (Å²) >= 11 is 0. The molecule has 88 valence electrons. The minimum atomic E-state index is -0.173. The number of aromatic nitrogens is 2. The van der Waals surface area contributed by atoms with Crippen LogP contribution in [0.15, 0.2) is 32.7 Å². The fourth-order valence-corrected chi connectivity index (χ4v) is 1.22. The van der Waals surface area contributed by atoms with Crippen LogP contribution in [0.3, 0.4) is 0 Å². The third kappa shape index (κ3) is 2.60. The van der Waals surface area contributed by atoms with Crippen LogP contribution in [0.5, 0.6) is 0 Å². The second-order valence-electron chi connectivity index (χ2n) is 3.51. The van der Waals surface area contributed by atoms with Crippen molar-refractivity contribution in [3.8, 4) is 0 Å². The Hall–Kier alpha value is -2.37. The van der Waals surface area contributed by atoms with E-state index in [2.05, 4.69) is 20.5 Å². The molecule has 17 heavy (non-hydrogen) atoms. The molecule has 0 saturated heterocycles. The van der Waals surface area contributed by atoms with E-state index >= 15 is 0 Å². The van der Waals surface area contributed by atoms with Gasteiger partial charge in [0.2, 0.25) is 5.95 Å². The molecule has 2 aromatic heterocycles. The average Bonchev–Trinajstić information content (AvgIpc) is 2.79. The molecule has 0 saturated carbocycles. The van der Waals surface area contributed by atoms with E-state index in [1.807, 2.05) is 0 Å². The van der Waals surface area contributed by atoms with Crippen molar-refractivity contribution in [2.45, 2.75) is 13.8 Å². The Bertz CT molecular complexity index is 584. The van der Waals surface area contributed by atoms with Gasteiger partial charge in [-0.05, 0) is 26.0 Å². The van der Waals surface area contributed by atoms with Crippen LogP contribution in [-0.2, 0) is 0 Å². The number of rotatable bonds is 3. The molecule has 2 N–H and O–H groups in total. The predicted octanol–water partition coefficient (Wildman–Crippen LogP) is 1.43. The third-order valence-electron chi connectivity index (χ3n) is 2.30. The summed E-state index contributed by atoms with van der Waals surface area (Å²) in [6, 6.07) is 3.53. The predicted molar refractivity (Wildman–Crippen MR) is 64.3 cm³/mol. The second-order valence-corrected chi connectivity index (χ2v) is 3.51. The Labute approximate surface area is 97.4 Å². The lowest BCUT2D eigenvalue weighted by molar-refractivity contribution is 0.560. The number of hydrazone groups is 1. The molecule has 0 radical (unpaired) electrons. The maximum absolute atomic E-state index is 11.4. The monoisotopic (exact) mass is 232 g/mol. The number of furan rings is 1. The number of nitrogens with one attached hydrogen (secondary N) is 2. The number of nitrogens with zero attached hydrogens (tertiary/aromatic N) is 2. The van der Waals surface area contributed by atoms with Crippen molar-refractivity contribution in [2.75, 3.05) is 5.43 Å². The Morgan fingerprint density at radius 2 is 2.35 bits per heavy atom. The van der Waals surface area contributed by atoms with Crippen LogP contribution in [0, 0.1) is 13.8 Å². The fourth-order valence-electron chi connectivity index (χ4n) is 1.22. The summed E-state index contributed by atoms with van der Waals surface area (Å²) in [5, 5.41) is 3.89. The van der Waals surface area contributed by atoms with Crippen LogP contribution in [0.25, 0.3) is 0 Å². The highest BCUT2D eigenvalue weighted by Gasteiger charge is 2.01. The minimum absolute atomic E-state index is 0.173. The van der Waals surface area contributed by atoms with E-state index in [0.717, 1.165) is 0 Å². The van der Waals surface area contributed by atoms with Gasteiger partial charge < -0.3 is 4.42 Å². The average molecular weight is 232 g/mol. The quantitative estimate of drug-likeness (QED) is 0.619. The molecular weight excluding hydrogens is 220 g/mol. The van der Waals surface area contributed by atoms with E-state index in [0.29, 0.717) is 23.0 Å². The highest BCUT2D eigenvalue weighted by atomic mass is 16.3. The maximum atomic E-state index is 11.4. The molecular formula is C11H12N4O2. The van der Waals surface area contributed by atoms with Crippen molar-refractivity contribution >= 4 is 12.2 Å². The first kappa shape index (κ1) is 11.1. The summed E-state index contributed by atoms with van der Waals surface area (Å²) in [5.74, 6) is 0.921. The van der Waals surface area contributed by atoms with Crippen LogP contribution in [0.2, 0.25) is 0 Å². The number of hydrogen-bond acceptors (Lipinski definition) is 5. The van der Waals surface area contributed by atoms with E-state index in [4.69, 9.17) is 4.42 Å². The second kappa shape index (κ2) is 4.65.